The van der Waals surface area contributed by atoms with Gasteiger partial charge in [0.05, 0.1) is 17.6 Å². The molecule has 0 amide bonds. The molecule has 150 valence electrons. The van der Waals surface area contributed by atoms with Gasteiger partial charge in [0, 0.05) is 67.3 Å². The predicted molar refractivity (Wildman–Crippen MR) is 108 cm³/mol. The van der Waals surface area contributed by atoms with Gasteiger partial charge >= 0.3 is 0 Å². The van der Waals surface area contributed by atoms with Crippen molar-refractivity contribution in [3.63, 3.8) is 0 Å². The van der Waals surface area contributed by atoms with Crippen LogP contribution in [-0.4, -0.2) is 50.3 Å². The number of halogens is 1. The fourth-order valence-electron chi connectivity index (χ4n) is 3.57. The standard InChI is InChI=1S/C20H22FN7O/c1-27-9-13(7-26-27)14-4-15(17(22)5-16(14)21)20(23)18-6-19(25-11-24-18)28-3-2-12(8-28)10-29/h4-7,9,11-12,23,29H,2-3,8,10,22H2,1H3/t12-/m0/s1. The van der Waals surface area contributed by atoms with E-state index in [1.807, 2.05) is 0 Å². The molecule has 0 unspecified atom stereocenters. The summed E-state index contributed by atoms with van der Waals surface area (Å²) in [6, 6.07) is 4.51. The summed E-state index contributed by atoms with van der Waals surface area (Å²) in [6.07, 6.45) is 5.57. The van der Waals surface area contributed by atoms with Crippen LogP contribution in [0.2, 0.25) is 0 Å². The molecule has 1 aromatic carbocycles. The summed E-state index contributed by atoms with van der Waals surface area (Å²) >= 11 is 0. The number of hydrogen-bond acceptors (Lipinski definition) is 7. The summed E-state index contributed by atoms with van der Waals surface area (Å²) in [4.78, 5) is 10.6. The molecular weight excluding hydrogens is 373 g/mol. The first-order valence-corrected chi connectivity index (χ1v) is 9.31. The molecule has 4 rings (SSSR count). The fourth-order valence-corrected chi connectivity index (χ4v) is 3.57. The van der Waals surface area contributed by atoms with Gasteiger partial charge in [-0.25, -0.2) is 14.4 Å². The minimum Gasteiger partial charge on any atom is -0.398 e. The van der Waals surface area contributed by atoms with E-state index in [4.69, 9.17) is 11.1 Å². The Balaban J connectivity index is 1.67. The van der Waals surface area contributed by atoms with Gasteiger partial charge in [-0.2, -0.15) is 5.10 Å². The Bertz CT molecular complexity index is 1060. The first-order valence-electron chi connectivity index (χ1n) is 9.31. The van der Waals surface area contributed by atoms with Crippen LogP contribution < -0.4 is 10.6 Å². The van der Waals surface area contributed by atoms with Gasteiger partial charge in [-0.1, -0.05) is 0 Å². The largest absolute Gasteiger partial charge is 0.398 e. The van der Waals surface area contributed by atoms with Gasteiger partial charge in [-0.05, 0) is 18.6 Å². The average molecular weight is 395 g/mol. The van der Waals surface area contributed by atoms with E-state index in [1.54, 1.807) is 36.3 Å². The highest BCUT2D eigenvalue weighted by molar-refractivity contribution is 6.13. The molecule has 1 aliphatic heterocycles. The van der Waals surface area contributed by atoms with Crippen LogP contribution in [0.25, 0.3) is 11.1 Å². The van der Waals surface area contributed by atoms with Crippen LogP contribution in [-0.2, 0) is 7.05 Å². The van der Waals surface area contributed by atoms with Crippen LogP contribution in [0, 0.1) is 17.1 Å². The third kappa shape index (κ3) is 3.68. The number of benzene rings is 1. The first kappa shape index (κ1) is 19.0. The summed E-state index contributed by atoms with van der Waals surface area (Å²) in [5.74, 6) is 0.453. The molecule has 0 radical (unpaired) electrons. The summed E-state index contributed by atoms with van der Waals surface area (Å²) in [7, 11) is 1.75. The Morgan fingerprint density at radius 2 is 2.17 bits per heavy atom. The molecule has 9 heteroatoms. The Morgan fingerprint density at radius 3 is 2.86 bits per heavy atom. The van der Waals surface area contributed by atoms with Gasteiger partial charge in [0.15, 0.2) is 0 Å². The zero-order valence-electron chi connectivity index (χ0n) is 16.0. The van der Waals surface area contributed by atoms with Crippen LogP contribution in [0.4, 0.5) is 15.9 Å². The second kappa shape index (κ2) is 7.59. The lowest BCUT2D eigenvalue weighted by molar-refractivity contribution is 0.238. The number of rotatable bonds is 5. The highest BCUT2D eigenvalue weighted by Gasteiger charge is 2.24. The normalized spacial score (nSPS) is 16.4. The van der Waals surface area contributed by atoms with Crippen LogP contribution in [0.1, 0.15) is 17.7 Å². The molecule has 2 aromatic heterocycles. The lowest BCUT2D eigenvalue weighted by Gasteiger charge is -2.18. The molecule has 4 N–H and O–H groups in total. The van der Waals surface area contributed by atoms with Crippen molar-refractivity contribution in [2.24, 2.45) is 13.0 Å². The lowest BCUT2D eigenvalue weighted by Crippen LogP contribution is -2.22. The number of nitrogen functional groups attached to an aromatic ring is 1. The molecule has 0 saturated carbocycles. The highest BCUT2D eigenvalue weighted by Crippen LogP contribution is 2.29. The van der Waals surface area contributed by atoms with Crippen LogP contribution in [0.5, 0.6) is 0 Å². The zero-order chi connectivity index (χ0) is 20.5. The summed E-state index contributed by atoms with van der Waals surface area (Å²) in [6.45, 7) is 1.65. The first-order chi connectivity index (χ1) is 14.0. The maximum atomic E-state index is 14.5. The SMILES string of the molecule is Cn1cc(-c2cc(C(=N)c3cc(N4CC[C@H](CO)C4)ncn3)c(N)cc2F)cn1. The van der Waals surface area contributed by atoms with E-state index in [0.717, 1.165) is 13.0 Å². The third-order valence-electron chi connectivity index (χ3n) is 5.20. The lowest BCUT2D eigenvalue weighted by atomic mass is 9.99. The number of nitrogens with two attached hydrogens (primary N) is 1. The van der Waals surface area contributed by atoms with E-state index in [-0.39, 0.29) is 23.9 Å². The topological polar surface area (TPSA) is 117 Å². The van der Waals surface area contributed by atoms with Crippen molar-refractivity contribution in [1.82, 2.24) is 19.7 Å². The molecule has 29 heavy (non-hydrogen) atoms. The van der Waals surface area contributed by atoms with E-state index in [1.165, 1.54) is 12.4 Å². The second-order valence-corrected chi connectivity index (χ2v) is 7.24. The maximum absolute atomic E-state index is 14.5. The van der Waals surface area contributed by atoms with E-state index in [0.29, 0.717) is 34.7 Å². The van der Waals surface area contributed by atoms with E-state index >= 15 is 0 Å². The minimum absolute atomic E-state index is 0.0918. The summed E-state index contributed by atoms with van der Waals surface area (Å²) < 4.78 is 16.1. The van der Waals surface area contributed by atoms with E-state index < -0.39 is 5.82 Å². The maximum Gasteiger partial charge on any atom is 0.133 e. The molecule has 0 bridgehead atoms. The Morgan fingerprint density at radius 1 is 1.34 bits per heavy atom. The molecule has 1 atom stereocenters. The smallest absolute Gasteiger partial charge is 0.133 e. The van der Waals surface area contributed by atoms with E-state index in [2.05, 4.69) is 20.0 Å². The summed E-state index contributed by atoms with van der Waals surface area (Å²) in [5, 5.41) is 22.0. The molecule has 0 spiro atoms. The zero-order valence-corrected chi connectivity index (χ0v) is 16.0. The molecule has 8 nitrogen and oxygen atoms in total. The molecule has 3 heterocycles. The summed E-state index contributed by atoms with van der Waals surface area (Å²) in [5.41, 5.74) is 8.01. The number of aliphatic hydroxyl groups is 1. The molecule has 3 aromatic rings. The van der Waals surface area contributed by atoms with Crippen LogP contribution in [0.3, 0.4) is 0 Å². The Hall–Kier alpha value is -3.33. The Labute approximate surface area is 167 Å². The highest BCUT2D eigenvalue weighted by atomic mass is 19.1. The number of aliphatic hydroxyl groups excluding tert-OH is 1. The molecule has 1 fully saturated rings. The fraction of sp³-hybridized carbons (Fsp3) is 0.300. The van der Waals surface area contributed by atoms with Crippen molar-refractivity contribution in [1.29, 1.82) is 5.41 Å². The molecule has 0 aliphatic carbocycles. The van der Waals surface area contributed by atoms with Crippen molar-refractivity contribution < 1.29 is 9.50 Å². The quantitative estimate of drug-likeness (QED) is 0.448. The van der Waals surface area contributed by atoms with Crippen molar-refractivity contribution in [2.45, 2.75) is 6.42 Å². The van der Waals surface area contributed by atoms with Crippen molar-refractivity contribution >= 4 is 17.2 Å². The van der Waals surface area contributed by atoms with Gasteiger partial charge in [0.1, 0.15) is 18.0 Å². The third-order valence-corrected chi connectivity index (χ3v) is 5.20. The number of nitrogens with one attached hydrogen (secondary N) is 1. The predicted octanol–water partition coefficient (Wildman–Crippen LogP) is 1.83. The van der Waals surface area contributed by atoms with Gasteiger partial charge in [-0.15, -0.1) is 0 Å². The van der Waals surface area contributed by atoms with Gasteiger partial charge in [-0.3, -0.25) is 10.1 Å². The minimum atomic E-state index is -0.470. The van der Waals surface area contributed by atoms with E-state index in [9.17, 15) is 9.50 Å². The van der Waals surface area contributed by atoms with Gasteiger partial charge in [0.2, 0.25) is 0 Å². The van der Waals surface area contributed by atoms with Gasteiger partial charge < -0.3 is 15.7 Å². The van der Waals surface area contributed by atoms with Gasteiger partial charge in [0.25, 0.3) is 0 Å². The van der Waals surface area contributed by atoms with Crippen molar-refractivity contribution in [3.8, 4) is 11.1 Å². The average Bonchev–Trinajstić information content (AvgIpc) is 3.37. The number of hydrogen-bond donors (Lipinski definition) is 3. The van der Waals surface area contributed by atoms with Crippen LogP contribution >= 0.6 is 0 Å². The number of nitrogens with zero attached hydrogens (tertiary/aromatic N) is 5. The van der Waals surface area contributed by atoms with Crippen molar-refractivity contribution in [3.05, 3.63) is 54.0 Å². The second-order valence-electron chi connectivity index (χ2n) is 7.24. The van der Waals surface area contributed by atoms with Crippen LogP contribution in [0.15, 0.2) is 36.9 Å². The number of anilines is 2. The monoisotopic (exact) mass is 395 g/mol. The van der Waals surface area contributed by atoms with Crippen molar-refractivity contribution in [2.75, 3.05) is 30.3 Å². The molecule has 1 saturated heterocycles. The Kier molecular flexibility index (Phi) is 4.98. The number of aryl methyl sites for hydroxylation is 1. The molecular formula is C20H22FN7O. The number of aromatic nitrogens is 4. The molecule has 1 aliphatic rings.